The number of hydrogen-bond acceptors (Lipinski definition) is 7. The third-order valence-corrected chi connectivity index (χ3v) is 3.31. The quantitative estimate of drug-likeness (QED) is 0.454. The molecule has 0 radical (unpaired) electrons. The molecule has 0 bridgehead atoms. The summed E-state index contributed by atoms with van der Waals surface area (Å²) in [4.78, 5) is 22.2. The minimum atomic E-state index is -0.904. The van der Waals surface area contributed by atoms with Crippen molar-refractivity contribution in [1.82, 2.24) is 5.43 Å². The van der Waals surface area contributed by atoms with Crippen LogP contribution in [0.3, 0.4) is 0 Å². The van der Waals surface area contributed by atoms with Gasteiger partial charge in [0.1, 0.15) is 5.82 Å². The molecular formula is C17H13FN4O5. The van der Waals surface area contributed by atoms with E-state index in [4.69, 9.17) is 10.00 Å². The maximum atomic E-state index is 13.8. The van der Waals surface area contributed by atoms with E-state index in [-0.39, 0.29) is 34.7 Å². The lowest BCUT2D eigenvalue weighted by molar-refractivity contribution is -0.385. The summed E-state index contributed by atoms with van der Waals surface area (Å²) >= 11 is 0. The smallest absolute Gasteiger partial charge is 0.274 e. The van der Waals surface area contributed by atoms with Crippen molar-refractivity contribution < 1.29 is 24.0 Å². The van der Waals surface area contributed by atoms with Crippen LogP contribution in [0.1, 0.15) is 28.4 Å². The molecule has 0 aliphatic heterocycles. The van der Waals surface area contributed by atoms with Crippen molar-refractivity contribution in [2.75, 3.05) is 6.61 Å². The van der Waals surface area contributed by atoms with E-state index in [9.17, 15) is 24.4 Å². The Morgan fingerprint density at radius 1 is 1.48 bits per heavy atom. The van der Waals surface area contributed by atoms with Crippen LogP contribution < -0.4 is 10.2 Å². The normalized spacial score (nSPS) is 10.4. The molecule has 9 nitrogen and oxygen atoms in total. The van der Waals surface area contributed by atoms with Crippen LogP contribution in [-0.4, -0.2) is 28.8 Å². The number of nitrogens with zero attached hydrogens (tertiary/aromatic N) is 3. The molecule has 0 aliphatic rings. The molecule has 2 N–H and O–H groups in total. The Balaban J connectivity index is 2.24. The predicted octanol–water partition coefficient (Wildman–Crippen LogP) is 2.47. The van der Waals surface area contributed by atoms with Crippen molar-refractivity contribution >= 4 is 17.8 Å². The summed E-state index contributed by atoms with van der Waals surface area (Å²) in [6, 6.07) is 7.12. The zero-order valence-corrected chi connectivity index (χ0v) is 14.0. The number of benzene rings is 2. The average molecular weight is 372 g/mol. The number of carbonyl (C=O) groups is 1. The molecule has 2 rings (SSSR count). The third-order valence-electron chi connectivity index (χ3n) is 3.31. The summed E-state index contributed by atoms with van der Waals surface area (Å²) in [6.07, 6.45) is 0.963. The zero-order chi connectivity index (χ0) is 20.0. The van der Waals surface area contributed by atoms with E-state index in [0.29, 0.717) is 0 Å². The maximum absolute atomic E-state index is 13.8. The molecule has 138 valence electrons. The molecule has 0 saturated carbocycles. The van der Waals surface area contributed by atoms with E-state index in [0.717, 1.165) is 30.5 Å². The molecule has 0 unspecified atom stereocenters. The number of ether oxygens (including phenoxy) is 1. The van der Waals surface area contributed by atoms with E-state index in [2.05, 4.69) is 5.10 Å². The molecule has 10 heteroatoms. The van der Waals surface area contributed by atoms with Gasteiger partial charge in [-0.25, -0.2) is 9.82 Å². The first-order chi connectivity index (χ1) is 12.9. The van der Waals surface area contributed by atoms with Crippen LogP contribution in [0.15, 0.2) is 35.4 Å². The van der Waals surface area contributed by atoms with Gasteiger partial charge in [-0.15, -0.1) is 0 Å². The van der Waals surface area contributed by atoms with E-state index in [1.54, 1.807) is 13.0 Å². The van der Waals surface area contributed by atoms with Gasteiger partial charge in [0.2, 0.25) is 0 Å². The molecule has 0 aromatic heterocycles. The van der Waals surface area contributed by atoms with Crippen LogP contribution in [-0.2, 0) is 0 Å². The molecule has 0 aliphatic carbocycles. The number of nitro benzene ring substituents is 1. The number of carbonyl (C=O) groups excluding carboxylic acids is 1. The zero-order valence-electron chi connectivity index (χ0n) is 14.0. The molecular weight excluding hydrogens is 359 g/mol. The first kappa shape index (κ1) is 19.3. The number of nitriles is 1. The molecule has 0 spiro atoms. The minimum absolute atomic E-state index is 0.0533. The number of amides is 1. The molecule has 0 saturated heterocycles. The van der Waals surface area contributed by atoms with Crippen LogP contribution in [0.4, 0.5) is 10.1 Å². The fourth-order valence-corrected chi connectivity index (χ4v) is 2.07. The van der Waals surface area contributed by atoms with E-state index >= 15 is 0 Å². The standard InChI is InChI=1S/C17H13FN4O5/c1-2-27-15-7-12(22(25)26)6-11(16(15)23)9-20-21-17(24)13-4-3-10(8-19)5-14(13)18/h3-7,9,23H,2H2,1H3,(H,21,24)/b20-9-. The van der Waals surface area contributed by atoms with Gasteiger partial charge < -0.3 is 9.84 Å². The van der Waals surface area contributed by atoms with Crippen LogP contribution in [0.25, 0.3) is 0 Å². The van der Waals surface area contributed by atoms with Crippen molar-refractivity contribution in [2.24, 2.45) is 5.10 Å². The monoisotopic (exact) mass is 372 g/mol. The second kappa shape index (κ2) is 8.39. The Bertz CT molecular complexity index is 969. The first-order valence-electron chi connectivity index (χ1n) is 7.54. The van der Waals surface area contributed by atoms with Crippen LogP contribution >= 0.6 is 0 Å². The number of nitro groups is 1. The highest BCUT2D eigenvalue weighted by molar-refractivity contribution is 5.95. The van der Waals surface area contributed by atoms with Crippen LogP contribution in [0.5, 0.6) is 11.5 Å². The lowest BCUT2D eigenvalue weighted by atomic mass is 10.1. The Morgan fingerprint density at radius 2 is 2.22 bits per heavy atom. The topological polar surface area (TPSA) is 138 Å². The average Bonchev–Trinajstić information content (AvgIpc) is 2.64. The molecule has 27 heavy (non-hydrogen) atoms. The van der Waals surface area contributed by atoms with Crippen molar-refractivity contribution in [3.05, 3.63) is 63.0 Å². The van der Waals surface area contributed by atoms with E-state index in [1.807, 2.05) is 5.43 Å². The van der Waals surface area contributed by atoms with E-state index < -0.39 is 22.4 Å². The molecule has 1 amide bonds. The number of phenolic OH excluding ortho intramolecular Hbond substituents is 1. The summed E-state index contributed by atoms with van der Waals surface area (Å²) in [6.45, 7) is 1.80. The summed E-state index contributed by atoms with van der Waals surface area (Å²) in [5.74, 6) is -2.32. The van der Waals surface area contributed by atoms with Gasteiger partial charge in [-0.2, -0.15) is 10.4 Å². The highest BCUT2D eigenvalue weighted by Gasteiger charge is 2.16. The number of halogens is 1. The summed E-state index contributed by atoms with van der Waals surface area (Å²) in [5.41, 5.74) is 1.33. The number of nitrogens with one attached hydrogen (secondary N) is 1. The van der Waals surface area contributed by atoms with E-state index in [1.165, 1.54) is 6.07 Å². The highest BCUT2D eigenvalue weighted by Crippen LogP contribution is 2.33. The number of non-ortho nitro benzene ring substituents is 1. The molecule has 0 atom stereocenters. The molecule has 0 heterocycles. The third kappa shape index (κ3) is 4.55. The summed E-state index contributed by atoms with van der Waals surface area (Å²) in [5, 5.41) is 33.3. The largest absolute Gasteiger partial charge is 0.504 e. The lowest BCUT2D eigenvalue weighted by Crippen LogP contribution is -2.19. The van der Waals surface area contributed by atoms with Crippen molar-refractivity contribution in [3.8, 4) is 17.6 Å². The fourth-order valence-electron chi connectivity index (χ4n) is 2.07. The van der Waals surface area contributed by atoms with Crippen molar-refractivity contribution in [3.63, 3.8) is 0 Å². The Hall–Kier alpha value is -4.00. The second-order valence-electron chi connectivity index (χ2n) is 5.08. The van der Waals surface area contributed by atoms with Gasteiger partial charge >= 0.3 is 0 Å². The summed E-state index contributed by atoms with van der Waals surface area (Å²) < 4.78 is 18.9. The Kier molecular flexibility index (Phi) is 6.01. The van der Waals surface area contributed by atoms with Crippen molar-refractivity contribution in [1.29, 1.82) is 5.26 Å². The number of hydrogen-bond donors (Lipinski definition) is 2. The number of hydrazone groups is 1. The van der Waals surface area contributed by atoms with Gasteiger partial charge in [-0.05, 0) is 25.1 Å². The fraction of sp³-hybridized carbons (Fsp3) is 0.118. The highest BCUT2D eigenvalue weighted by atomic mass is 19.1. The van der Waals surface area contributed by atoms with Gasteiger partial charge in [0, 0.05) is 11.6 Å². The van der Waals surface area contributed by atoms with Gasteiger partial charge in [0.05, 0.1) is 41.0 Å². The van der Waals surface area contributed by atoms with Gasteiger partial charge in [0.15, 0.2) is 11.5 Å². The van der Waals surface area contributed by atoms with Gasteiger partial charge in [-0.1, -0.05) is 0 Å². The van der Waals surface area contributed by atoms with Crippen molar-refractivity contribution in [2.45, 2.75) is 6.92 Å². The first-order valence-corrected chi connectivity index (χ1v) is 7.54. The van der Waals surface area contributed by atoms with Crippen LogP contribution in [0.2, 0.25) is 0 Å². The molecule has 2 aromatic rings. The summed E-state index contributed by atoms with van der Waals surface area (Å²) in [7, 11) is 0. The Labute approximate surface area is 152 Å². The second-order valence-corrected chi connectivity index (χ2v) is 5.08. The minimum Gasteiger partial charge on any atom is -0.504 e. The maximum Gasteiger partial charge on any atom is 0.274 e. The Morgan fingerprint density at radius 3 is 2.81 bits per heavy atom. The predicted molar refractivity (Wildman–Crippen MR) is 92.1 cm³/mol. The SMILES string of the molecule is CCOc1cc([N+](=O)[O-])cc(/C=N\NC(=O)c2ccc(C#N)cc2F)c1O. The number of phenols is 1. The molecule has 2 aromatic carbocycles. The number of rotatable bonds is 6. The van der Waals surface area contributed by atoms with Gasteiger partial charge in [-0.3, -0.25) is 14.9 Å². The van der Waals surface area contributed by atoms with Gasteiger partial charge in [0.25, 0.3) is 11.6 Å². The number of aromatic hydroxyl groups is 1. The molecule has 0 fully saturated rings. The van der Waals surface area contributed by atoms with Crippen LogP contribution in [0, 0.1) is 27.3 Å². The lowest BCUT2D eigenvalue weighted by Gasteiger charge is -2.08.